The molecule has 1 rings (SSSR count). The molecule has 0 atom stereocenters. The van der Waals surface area contributed by atoms with Crippen molar-refractivity contribution in [3.8, 4) is 0 Å². The summed E-state index contributed by atoms with van der Waals surface area (Å²) in [6.07, 6.45) is 0. The molecule has 0 bridgehead atoms. The van der Waals surface area contributed by atoms with E-state index in [1.807, 2.05) is 0 Å². The van der Waals surface area contributed by atoms with E-state index in [1.54, 1.807) is 5.56 Å². The van der Waals surface area contributed by atoms with E-state index in [4.69, 9.17) is 0 Å². The van der Waals surface area contributed by atoms with Crippen molar-refractivity contribution in [3.05, 3.63) is 29.9 Å². The fourth-order valence-electron chi connectivity index (χ4n) is 2.05. The number of halogens is 2. The lowest BCUT2D eigenvalue weighted by molar-refractivity contribution is 0.787. The zero-order valence-corrected chi connectivity index (χ0v) is 15.9. The molecule has 0 aliphatic carbocycles. The molecule has 0 heterocycles. The average Bonchev–Trinajstić information content (AvgIpc) is 2.15. The van der Waals surface area contributed by atoms with Crippen LogP contribution in [0.1, 0.15) is 76.0 Å². The molecule has 17 heavy (non-hydrogen) atoms. The Kier molecular flexibility index (Phi) is 5.76. The fraction of sp³-hybridized carbons (Fsp3) is 0.600. The van der Waals surface area contributed by atoms with Crippen LogP contribution in [0.25, 0.3) is 0 Å². The van der Waals surface area contributed by atoms with Crippen LogP contribution in [-0.2, 0) is 0 Å². The summed E-state index contributed by atoms with van der Waals surface area (Å²) in [6.45, 7) is 13.8. The summed E-state index contributed by atoms with van der Waals surface area (Å²) < 4.78 is 2.95. The third kappa shape index (κ3) is 3.37. The van der Waals surface area contributed by atoms with Crippen molar-refractivity contribution in [2.24, 2.45) is 0 Å². The molecule has 0 radical (unpaired) electrons. The van der Waals surface area contributed by atoms with Gasteiger partial charge in [-0.2, -0.15) is 0 Å². The van der Waals surface area contributed by atoms with E-state index in [0.29, 0.717) is 17.8 Å². The number of benzene rings is 1. The van der Waals surface area contributed by atoms with Gasteiger partial charge in [-0.25, -0.2) is 0 Å². The summed E-state index contributed by atoms with van der Waals surface area (Å²) >= 11 is 5.06. The average molecular weight is 456 g/mol. The highest BCUT2D eigenvalue weighted by molar-refractivity contribution is 14.1. The van der Waals surface area contributed by atoms with Gasteiger partial charge >= 0.3 is 0 Å². The Labute approximate surface area is 133 Å². The summed E-state index contributed by atoms with van der Waals surface area (Å²) in [4.78, 5) is 0. The minimum Gasteiger partial charge on any atom is -0.0586 e. The third-order valence-electron chi connectivity index (χ3n) is 3.11. The standard InChI is InChI=1S/C15H22I2/c1-8(2)11-7-12(9(3)4)15(17)13(10(5)6)14(11)16/h7-10H,1-6H3. The fourth-order valence-corrected chi connectivity index (χ4v) is 5.91. The van der Waals surface area contributed by atoms with Crippen LogP contribution in [0.5, 0.6) is 0 Å². The SMILES string of the molecule is CC(C)c1cc(C(C)C)c(I)c(C(C)C)c1I. The molecule has 0 unspecified atom stereocenters. The molecular weight excluding hydrogens is 434 g/mol. The molecule has 2 heteroatoms. The summed E-state index contributed by atoms with van der Waals surface area (Å²) in [7, 11) is 0. The Balaban J connectivity index is 3.58. The van der Waals surface area contributed by atoms with E-state index in [-0.39, 0.29) is 0 Å². The highest BCUT2D eigenvalue weighted by Crippen LogP contribution is 2.37. The van der Waals surface area contributed by atoms with E-state index in [2.05, 4.69) is 92.8 Å². The Morgan fingerprint density at radius 3 is 1.29 bits per heavy atom. The topological polar surface area (TPSA) is 0 Å². The van der Waals surface area contributed by atoms with Crippen molar-refractivity contribution in [1.82, 2.24) is 0 Å². The van der Waals surface area contributed by atoms with Crippen molar-refractivity contribution in [3.63, 3.8) is 0 Å². The number of hydrogen-bond donors (Lipinski definition) is 0. The van der Waals surface area contributed by atoms with Crippen LogP contribution in [-0.4, -0.2) is 0 Å². The molecule has 1 aromatic rings. The lowest BCUT2D eigenvalue weighted by Crippen LogP contribution is -2.07. The molecule has 0 saturated heterocycles. The molecule has 0 aromatic heterocycles. The molecule has 0 N–H and O–H groups in total. The summed E-state index contributed by atoms with van der Waals surface area (Å²) in [5.41, 5.74) is 4.57. The van der Waals surface area contributed by atoms with Crippen molar-refractivity contribution in [1.29, 1.82) is 0 Å². The molecule has 0 aliphatic heterocycles. The number of rotatable bonds is 3. The van der Waals surface area contributed by atoms with Gasteiger partial charge in [0.05, 0.1) is 0 Å². The Bertz CT molecular complexity index is 372. The normalized spacial score (nSPS) is 11.9. The van der Waals surface area contributed by atoms with Gasteiger partial charge in [-0.15, -0.1) is 0 Å². The Morgan fingerprint density at radius 1 is 0.706 bits per heavy atom. The highest BCUT2D eigenvalue weighted by Gasteiger charge is 2.19. The van der Waals surface area contributed by atoms with E-state index >= 15 is 0 Å². The quantitative estimate of drug-likeness (QED) is 0.471. The van der Waals surface area contributed by atoms with Crippen LogP contribution < -0.4 is 0 Å². The van der Waals surface area contributed by atoms with E-state index in [9.17, 15) is 0 Å². The second-order valence-corrected chi connectivity index (χ2v) is 7.72. The van der Waals surface area contributed by atoms with Crippen molar-refractivity contribution in [2.45, 2.75) is 59.3 Å². The van der Waals surface area contributed by atoms with Gasteiger partial charge in [0.15, 0.2) is 0 Å². The second kappa shape index (κ2) is 6.22. The van der Waals surface area contributed by atoms with Crippen LogP contribution in [0, 0.1) is 7.14 Å². The first-order valence-electron chi connectivity index (χ1n) is 6.29. The maximum atomic E-state index is 2.53. The zero-order valence-electron chi connectivity index (χ0n) is 11.6. The first-order chi connectivity index (χ1) is 7.77. The van der Waals surface area contributed by atoms with Crippen LogP contribution in [0.3, 0.4) is 0 Å². The third-order valence-corrected chi connectivity index (χ3v) is 5.52. The van der Waals surface area contributed by atoms with Gasteiger partial charge in [-0.1, -0.05) is 47.6 Å². The maximum absolute atomic E-state index is 2.53. The minimum absolute atomic E-state index is 0.602. The van der Waals surface area contributed by atoms with E-state index in [1.165, 1.54) is 18.3 Å². The lowest BCUT2D eigenvalue weighted by atomic mass is 9.90. The van der Waals surface area contributed by atoms with Crippen LogP contribution in [0.4, 0.5) is 0 Å². The van der Waals surface area contributed by atoms with Gasteiger partial charge in [-0.05, 0) is 79.6 Å². The zero-order chi connectivity index (χ0) is 13.3. The molecule has 96 valence electrons. The van der Waals surface area contributed by atoms with Gasteiger partial charge in [0.25, 0.3) is 0 Å². The van der Waals surface area contributed by atoms with Gasteiger partial charge in [0.1, 0.15) is 0 Å². The molecule has 0 amide bonds. The molecule has 0 spiro atoms. The van der Waals surface area contributed by atoms with Crippen molar-refractivity contribution < 1.29 is 0 Å². The second-order valence-electron chi connectivity index (χ2n) is 5.56. The molecule has 0 nitrogen and oxygen atoms in total. The Morgan fingerprint density at radius 2 is 1.06 bits per heavy atom. The first-order valence-corrected chi connectivity index (χ1v) is 8.44. The summed E-state index contributed by atoms with van der Waals surface area (Å²) in [6, 6.07) is 2.42. The van der Waals surface area contributed by atoms with E-state index in [0.717, 1.165) is 0 Å². The minimum atomic E-state index is 0.602. The maximum Gasteiger partial charge on any atom is 0.0210 e. The Hall–Kier alpha value is 0.680. The lowest BCUT2D eigenvalue weighted by Gasteiger charge is -2.22. The van der Waals surface area contributed by atoms with Gasteiger partial charge in [0.2, 0.25) is 0 Å². The van der Waals surface area contributed by atoms with Crippen molar-refractivity contribution in [2.75, 3.05) is 0 Å². The van der Waals surface area contributed by atoms with Crippen LogP contribution in [0.2, 0.25) is 0 Å². The largest absolute Gasteiger partial charge is 0.0586 e. The van der Waals surface area contributed by atoms with Gasteiger partial charge < -0.3 is 0 Å². The molecule has 1 aromatic carbocycles. The predicted octanol–water partition coefficient (Wildman–Crippen LogP) is 6.27. The van der Waals surface area contributed by atoms with E-state index < -0.39 is 0 Å². The molecule has 0 fully saturated rings. The number of hydrogen-bond acceptors (Lipinski definition) is 0. The van der Waals surface area contributed by atoms with Gasteiger partial charge in [-0.3, -0.25) is 0 Å². The highest BCUT2D eigenvalue weighted by atomic mass is 127. The summed E-state index contributed by atoms with van der Waals surface area (Å²) in [5.74, 6) is 1.81. The molecule has 0 saturated carbocycles. The molecule has 0 aliphatic rings. The first kappa shape index (κ1) is 15.7. The van der Waals surface area contributed by atoms with Crippen molar-refractivity contribution >= 4 is 45.2 Å². The van der Waals surface area contributed by atoms with Crippen LogP contribution >= 0.6 is 45.2 Å². The van der Waals surface area contributed by atoms with Gasteiger partial charge in [0, 0.05) is 7.14 Å². The smallest absolute Gasteiger partial charge is 0.0210 e. The summed E-state index contributed by atoms with van der Waals surface area (Å²) in [5, 5.41) is 0. The van der Waals surface area contributed by atoms with Crippen LogP contribution in [0.15, 0.2) is 6.07 Å². The molecular formula is C15H22I2. The predicted molar refractivity (Wildman–Crippen MR) is 94.1 cm³/mol. The monoisotopic (exact) mass is 456 g/mol.